The van der Waals surface area contributed by atoms with Crippen molar-refractivity contribution in [3.63, 3.8) is 0 Å². The first-order valence-electron chi connectivity index (χ1n) is 23.5. The van der Waals surface area contributed by atoms with Gasteiger partial charge in [0, 0.05) is 19.3 Å². The lowest BCUT2D eigenvalue weighted by atomic mass is 10.1. The molecule has 0 amide bonds. The monoisotopic (exact) mass is 817 g/mol. The summed E-state index contributed by atoms with van der Waals surface area (Å²) in [6, 6.07) is 0. The topological polar surface area (TPSA) is 78.9 Å². The van der Waals surface area contributed by atoms with Gasteiger partial charge in [0.2, 0.25) is 0 Å². The number of ether oxygens (including phenoxy) is 3. The van der Waals surface area contributed by atoms with Crippen LogP contribution >= 0.6 is 0 Å². The first-order valence-corrected chi connectivity index (χ1v) is 23.5. The Morgan fingerprint density at radius 1 is 0.356 bits per heavy atom. The molecule has 0 saturated carbocycles. The SMILES string of the molecule is CC/C=C/C=C/C=C/C=C/CCCCCC(=O)OCC(COC(=O)CCCCCCCCC/C=C/CCCCCC)OC(=O)CCCCC/C=C/C=C/C=C/C=C/CC. The zero-order chi connectivity index (χ0) is 43.0. The van der Waals surface area contributed by atoms with Crippen molar-refractivity contribution >= 4 is 17.9 Å². The maximum atomic E-state index is 12.7. The molecule has 0 N–H and O–H groups in total. The number of unbranched alkanes of at least 4 members (excludes halogenated alkanes) is 17. The third-order valence-electron chi connectivity index (χ3n) is 9.43. The van der Waals surface area contributed by atoms with Gasteiger partial charge in [-0.25, -0.2) is 0 Å². The summed E-state index contributed by atoms with van der Waals surface area (Å²) < 4.78 is 16.7. The summed E-state index contributed by atoms with van der Waals surface area (Å²) in [6.07, 6.45) is 62.1. The first-order chi connectivity index (χ1) is 29.0. The largest absolute Gasteiger partial charge is 0.462 e. The fourth-order valence-corrected chi connectivity index (χ4v) is 5.93. The molecule has 0 aliphatic carbocycles. The summed E-state index contributed by atoms with van der Waals surface area (Å²) >= 11 is 0. The van der Waals surface area contributed by atoms with Crippen molar-refractivity contribution < 1.29 is 28.6 Å². The van der Waals surface area contributed by atoms with Gasteiger partial charge in [-0.1, -0.05) is 194 Å². The Morgan fingerprint density at radius 2 is 0.678 bits per heavy atom. The molecule has 0 aliphatic heterocycles. The lowest BCUT2D eigenvalue weighted by Crippen LogP contribution is -2.30. The Labute approximate surface area is 361 Å². The number of allylic oxidation sites excluding steroid dienone is 18. The zero-order valence-electron chi connectivity index (χ0n) is 37.7. The van der Waals surface area contributed by atoms with E-state index in [0.717, 1.165) is 77.0 Å². The van der Waals surface area contributed by atoms with Crippen molar-refractivity contribution in [2.24, 2.45) is 0 Å². The van der Waals surface area contributed by atoms with E-state index in [4.69, 9.17) is 14.2 Å². The number of hydrogen-bond acceptors (Lipinski definition) is 6. The molecule has 6 nitrogen and oxygen atoms in total. The van der Waals surface area contributed by atoms with Crippen LogP contribution < -0.4 is 0 Å². The van der Waals surface area contributed by atoms with Crippen LogP contribution in [-0.2, 0) is 28.6 Å². The highest BCUT2D eigenvalue weighted by atomic mass is 16.6. The van der Waals surface area contributed by atoms with Crippen LogP contribution in [0.4, 0.5) is 0 Å². The van der Waals surface area contributed by atoms with Gasteiger partial charge in [0.1, 0.15) is 13.2 Å². The average Bonchev–Trinajstić information content (AvgIpc) is 3.23. The van der Waals surface area contributed by atoms with Crippen LogP contribution in [0, 0.1) is 0 Å². The molecular weight excluding hydrogens is 733 g/mol. The predicted octanol–water partition coefficient (Wildman–Crippen LogP) is 15.2. The number of hydrogen-bond donors (Lipinski definition) is 0. The standard InChI is InChI=1S/C53H84O6/c1-4-7-10-13-16-19-22-25-26-29-31-34-37-40-43-46-52(55)58-49-50(59-53(56)47-44-41-38-35-32-28-24-21-18-15-12-9-6-3)48-57-51(54)45-42-39-36-33-30-27-23-20-17-14-11-8-5-2/h8-9,11-12,14-15,17-24,27-28,30,32,50H,4-7,10,13,16,25-26,29,31,33-49H2,1-3H3/b11-8+,12-9+,17-14+,18-15+,22-19+,23-20+,24-21+,30-27+,32-28+. The number of rotatable bonds is 40. The van der Waals surface area contributed by atoms with Gasteiger partial charge in [0.25, 0.3) is 0 Å². The Balaban J connectivity index is 4.53. The summed E-state index contributed by atoms with van der Waals surface area (Å²) in [5, 5.41) is 0. The second-order valence-electron chi connectivity index (χ2n) is 15.1. The minimum absolute atomic E-state index is 0.112. The average molecular weight is 817 g/mol. The highest BCUT2D eigenvalue weighted by molar-refractivity contribution is 5.71. The van der Waals surface area contributed by atoms with E-state index in [1.54, 1.807) is 0 Å². The predicted molar refractivity (Wildman–Crippen MR) is 251 cm³/mol. The van der Waals surface area contributed by atoms with E-state index in [9.17, 15) is 14.4 Å². The molecule has 59 heavy (non-hydrogen) atoms. The van der Waals surface area contributed by atoms with E-state index in [1.807, 2.05) is 72.9 Å². The molecule has 0 aromatic heterocycles. The molecule has 0 rings (SSSR count). The Hall–Kier alpha value is -3.93. The van der Waals surface area contributed by atoms with Crippen molar-refractivity contribution in [1.82, 2.24) is 0 Å². The second kappa shape index (κ2) is 46.8. The highest BCUT2D eigenvalue weighted by Gasteiger charge is 2.19. The summed E-state index contributed by atoms with van der Waals surface area (Å²) in [6.45, 7) is 6.24. The van der Waals surface area contributed by atoms with Gasteiger partial charge in [-0.05, 0) is 83.5 Å². The number of carbonyl (C=O) groups is 3. The Bertz CT molecular complexity index is 1260. The van der Waals surface area contributed by atoms with Gasteiger partial charge >= 0.3 is 17.9 Å². The lowest BCUT2D eigenvalue weighted by molar-refractivity contribution is -0.167. The van der Waals surface area contributed by atoms with E-state index < -0.39 is 6.10 Å². The Kier molecular flexibility index (Phi) is 43.6. The third-order valence-corrected chi connectivity index (χ3v) is 9.43. The van der Waals surface area contributed by atoms with Crippen molar-refractivity contribution in [2.75, 3.05) is 13.2 Å². The fraction of sp³-hybridized carbons (Fsp3) is 0.604. The van der Waals surface area contributed by atoms with Crippen LogP contribution in [0.25, 0.3) is 0 Å². The van der Waals surface area contributed by atoms with Gasteiger partial charge in [-0.3, -0.25) is 14.4 Å². The van der Waals surface area contributed by atoms with Crippen molar-refractivity contribution in [2.45, 2.75) is 194 Å². The summed E-state index contributed by atoms with van der Waals surface area (Å²) in [5.74, 6) is -1.01. The van der Waals surface area contributed by atoms with E-state index >= 15 is 0 Å². The summed E-state index contributed by atoms with van der Waals surface area (Å²) in [7, 11) is 0. The van der Waals surface area contributed by atoms with Gasteiger partial charge in [0.05, 0.1) is 0 Å². The molecule has 0 aromatic carbocycles. The normalized spacial score (nSPS) is 13.1. The molecule has 0 aromatic rings. The number of carbonyl (C=O) groups excluding carboxylic acids is 3. The molecular formula is C53H84O6. The van der Waals surface area contributed by atoms with E-state index in [-0.39, 0.29) is 37.5 Å². The van der Waals surface area contributed by atoms with Crippen molar-refractivity contribution in [3.05, 3.63) is 109 Å². The smallest absolute Gasteiger partial charge is 0.306 e. The molecule has 0 saturated heterocycles. The molecule has 1 unspecified atom stereocenters. The maximum Gasteiger partial charge on any atom is 0.306 e. The van der Waals surface area contributed by atoms with Gasteiger partial charge in [-0.2, -0.15) is 0 Å². The highest BCUT2D eigenvalue weighted by Crippen LogP contribution is 2.13. The van der Waals surface area contributed by atoms with Crippen LogP contribution in [0.2, 0.25) is 0 Å². The first kappa shape index (κ1) is 55.1. The van der Waals surface area contributed by atoms with Gasteiger partial charge in [-0.15, -0.1) is 0 Å². The maximum absolute atomic E-state index is 12.7. The minimum Gasteiger partial charge on any atom is -0.462 e. The summed E-state index contributed by atoms with van der Waals surface area (Å²) in [4.78, 5) is 37.8. The van der Waals surface area contributed by atoms with Crippen LogP contribution in [0.1, 0.15) is 188 Å². The molecule has 0 bridgehead atoms. The van der Waals surface area contributed by atoms with Crippen LogP contribution in [0.5, 0.6) is 0 Å². The zero-order valence-corrected chi connectivity index (χ0v) is 37.7. The molecule has 0 radical (unpaired) electrons. The van der Waals surface area contributed by atoms with Gasteiger partial charge < -0.3 is 14.2 Å². The van der Waals surface area contributed by atoms with Gasteiger partial charge in [0.15, 0.2) is 6.10 Å². The molecule has 0 heterocycles. The lowest BCUT2D eigenvalue weighted by Gasteiger charge is -2.18. The summed E-state index contributed by atoms with van der Waals surface area (Å²) in [5.41, 5.74) is 0. The molecule has 0 spiro atoms. The second-order valence-corrected chi connectivity index (χ2v) is 15.1. The van der Waals surface area contributed by atoms with Crippen LogP contribution in [-0.4, -0.2) is 37.2 Å². The molecule has 1 atom stereocenters. The van der Waals surface area contributed by atoms with Crippen LogP contribution in [0.15, 0.2) is 109 Å². The molecule has 332 valence electrons. The molecule has 6 heteroatoms. The molecule has 0 fully saturated rings. The Morgan fingerprint density at radius 3 is 1.10 bits per heavy atom. The quantitative estimate of drug-likeness (QED) is 0.0201. The molecule has 0 aliphatic rings. The third kappa shape index (κ3) is 45.0. The van der Waals surface area contributed by atoms with Crippen molar-refractivity contribution in [1.29, 1.82) is 0 Å². The van der Waals surface area contributed by atoms with E-state index in [1.165, 1.54) is 64.2 Å². The van der Waals surface area contributed by atoms with Crippen LogP contribution in [0.3, 0.4) is 0 Å². The van der Waals surface area contributed by atoms with E-state index in [2.05, 4.69) is 57.2 Å². The number of esters is 3. The minimum atomic E-state index is -0.816. The van der Waals surface area contributed by atoms with Crippen molar-refractivity contribution in [3.8, 4) is 0 Å². The van der Waals surface area contributed by atoms with E-state index in [0.29, 0.717) is 19.3 Å². The fourth-order valence-electron chi connectivity index (χ4n) is 5.93.